The maximum absolute atomic E-state index is 12.3. The molecule has 3 N–H and O–H groups in total. The molecule has 0 spiro atoms. The van der Waals surface area contributed by atoms with Crippen molar-refractivity contribution in [3.05, 3.63) is 65.7 Å². The Morgan fingerprint density at radius 2 is 1.79 bits per heavy atom. The molecule has 0 aliphatic rings. The lowest BCUT2D eigenvalue weighted by atomic mass is 10.0. The van der Waals surface area contributed by atoms with Gasteiger partial charge in [0, 0.05) is 5.56 Å². The molecule has 5 heteroatoms. The van der Waals surface area contributed by atoms with E-state index in [0.717, 1.165) is 5.56 Å². The van der Waals surface area contributed by atoms with Gasteiger partial charge in [-0.15, -0.1) is 0 Å². The lowest BCUT2D eigenvalue weighted by Gasteiger charge is -2.20. The van der Waals surface area contributed by atoms with Crippen LogP contribution in [0.5, 0.6) is 5.75 Å². The molecule has 0 aliphatic heterocycles. The number of aliphatic hydroxyl groups excluding tert-OH is 2. The van der Waals surface area contributed by atoms with Crippen LogP contribution in [0, 0.1) is 0 Å². The number of hydrogen-bond donors (Lipinski definition) is 3. The van der Waals surface area contributed by atoms with Gasteiger partial charge in [-0.05, 0) is 43.2 Å². The van der Waals surface area contributed by atoms with Crippen LogP contribution in [0.1, 0.15) is 35.4 Å². The van der Waals surface area contributed by atoms with Crippen LogP contribution in [0.15, 0.2) is 54.6 Å². The van der Waals surface area contributed by atoms with Crippen LogP contribution >= 0.6 is 0 Å². The lowest BCUT2D eigenvalue weighted by molar-refractivity contribution is 0.0865. The van der Waals surface area contributed by atoms with E-state index >= 15 is 0 Å². The van der Waals surface area contributed by atoms with Gasteiger partial charge in [-0.25, -0.2) is 0 Å². The Hall–Kier alpha value is -2.37. The number of hydrogen-bond acceptors (Lipinski definition) is 4. The van der Waals surface area contributed by atoms with Crippen molar-refractivity contribution in [1.29, 1.82) is 0 Å². The Morgan fingerprint density at radius 3 is 2.38 bits per heavy atom. The molecule has 0 bridgehead atoms. The van der Waals surface area contributed by atoms with Crippen molar-refractivity contribution in [2.45, 2.75) is 25.5 Å². The molecule has 0 heterocycles. The largest absolute Gasteiger partial charge is 0.494 e. The second-order valence-electron chi connectivity index (χ2n) is 5.47. The molecule has 2 atom stereocenters. The summed E-state index contributed by atoms with van der Waals surface area (Å²) in [7, 11) is 0. The van der Waals surface area contributed by atoms with Crippen molar-refractivity contribution in [3.63, 3.8) is 0 Å². The lowest BCUT2D eigenvalue weighted by Crippen LogP contribution is -2.38. The van der Waals surface area contributed by atoms with E-state index in [1.54, 1.807) is 24.3 Å². The number of carbonyl (C=O) groups is 1. The molecular formula is C19H23NO4. The van der Waals surface area contributed by atoms with E-state index in [2.05, 4.69) is 5.32 Å². The number of carbonyl (C=O) groups excluding carboxylic acids is 1. The molecular weight excluding hydrogens is 306 g/mol. The van der Waals surface area contributed by atoms with Crippen LogP contribution in [-0.4, -0.2) is 35.4 Å². The summed E-state index contributed by atoms with van der Waals surface area (Å²) in [6, 6.07) is 15.4. The van der Waals surface area contributed by atoms with E-state index in [-0.39, 0.29) is 18.9 Å². The van der Waals surface area contributed by atoms with Gasteiger partial charge in [-0.1, -0.05) is 30.3 Å². The van der Waals surface area contributed by atoms with E-state index in [1.807, 2.05) is 37.3 Å². The van der Waals surface area contributed by atoms with Crippen molar-refractivity contribution >= 4 is 5.91 Å². The molecule has 5 nitrogen and oxygen atoms in total. The molecule has 24 heavy (non-hydrogen) atoms. The molecule has 0 fully saturated rings. The van der Waals surface area contributed by atoms with Crippen LogP contribution in [0.25, 0.3) is 0 Å². The Balaban J connectivity index is 1.95. The molecule has 0 saturated carbocycles. The Bertz CT molecular complexity index is 628. The molecule has 0 aliphatic carbocycles. The number of rotatable bonds is 8. The molecule has 2 rings (SSSR count). The third-order valence-corrected chi connectivity index (χ3v) is 3.68. The molecule has 2 aromatic carbocycles. The third-order valence-electron chi connectivity index (χ3n) is 3.68. The first-order chi connectivity index (χ1) is 11.6. The zero-order valence-electron chi connectivity index (χ0n) is 13.7. The zero-order chi connectivity index (χ0) is 17.4. The predicted molar refractivity (Wildman–Crippen MR) is 92.0 cm³/mol. The average Bonchev–Trinajstić information content (AvgIpc) is 2.62. The summed E-state index contributed by atoms with van der Waals surface area (Å²) in [5, 5.41) is 22.5. The van der Waals surface area contributed by atoms with Gasteiger partial charge < -0.3 is 20.3 Å². The Kier molecular flexibility index (Phi) is 6.78. The summed E-state index contributed by atoms with van der Waals surface area (Å²) in [5.41, 5.74) is 1.23. The third kappa shape index (κ3) is 5.08. The van der Waals surface area contributed by atoms with Gasteiger partial charge in [0.15, 0.2) is 0 Å². The van der Waals surface area contributed by atoms with Crippen molar-refractivity contribution in [1.82, 2.24) is 5.32 Å². The first kappa shape index (κ1) is 18.0. The first-order valence-electron chi connectivity index (χ1n) is 8.01. The van der Waals surface area contributed by atoms with Gasteiger partial charge in [0.1, 0.15) is 5.75 Å². The van der Waals surface area contributed by atoms with Gasteiger partial charge in [0.25, 0.3) is 5.91 Å². The summed E-state index contributed by atoms with van der Waals surface area (Å²) < 4.78 is 5.34. The maximum atomic E-state index is 12.3. The standard InChI is InChI=1S/C19H23NO4/c1-2-24-17-10-8-15(9-11-17)19(23)20-16(13-21)12-18(22)14-6-4-3-5-7-14/h3-11,16,18,21-22H,2,12-13H2,1H3,(H,20,23)/t16-,18-/m1/s1. The van der Waals surface area contributed by atoms with Crippen molar-refractivity contribution in [2.24, 2.45) is 0 Å². The van der Waals surface area contributed by atoms with Crippen molar-refractivity contribution in [3.8, 4) is 5.75 Å². The number of benzene rings is 2. The second kappa shape index (κ2) is 9.05. The zero-order valence-corrected chi connectivity index (χ0v) is 13.7. The fraction of sp³-hybridized carbons (Fsp3) is 0.316. The monoisotopic (exact) mass is 329 g/mol. The summed E-state index contributed by atoms with van der Waals surface area (Å²) in [5.74, 6) is 0.407. The first-order valence-corrected chi connectivity index (χ1v) is 8.01. The van der Waals surface area contributed by atoms with Gasteiger partial charge >= 0.3 is 0 Å². The Labute approximate surface area is 141 Å². The van der Waals surface area contributed by atoms with Gasteiger partial charge in [0.2, 0.25) is 0 Å². The Morgan fingerprint density at radius 1 is 1.12 bits per heavy atom. The maximum Gasteiger partial charge on any atom is 0.251 e. The molecule has 128 valence electrons. The highest BCUT2D eigenvalue weighted by Crippen LogP contribution is 2.18. The van der Waals surface area contributed by atoms with Crippen molar-refractivity contribution < 1.29 is 19.7 Å². The molecule has 2 aromatic rings. The topological polar surface area (TPSA) is 78.8 Å². The molecule has 1 amide bonds. The van der Waals surface area contributed by atoms with E-state index < -0.39 is 12.1 Å². The molecule has 0 radical (unpaired) electrons. The van der Waals surface area contributed by atoms with E-state index in [0.29, 0.717) is 17.9 Å². The highest BCUT2D eigenvalue weighted by atomic mass is 16.5. The minimum atomic E-state index is -0.746. The smallest absolute Gasteiger partial charge is 0.251 e. The van der Waals surface area contributed by atoms with Gasteiger partial charge in [-0.3, -0.25) is 4.79 Å². The summed E-state index contributed by atoms with van der Waals surface area (Å²) >= 11 is 0. The highest BCUT2D eigenvalue weighted by Gasteiger charge is 2.18. The van der Waals surface area contributed by atoms with E-state index in [1.165, 1.54) is 0 Å². The quantitative estimate of drug-likeness (QED) is 0.694. The molecule has 0 aromatic heterocycles. The van der Waals surface area contributed by atoms with Crippen molar-refractivity contribution in [2.75, 3.05) is 13.2 Å². The van der Waals surface area contributed by atoms with E-state index in [4.69, 9.17) is 4.74 Å². The number of ether oxygens (including phenoxy) is 1. The number of amides is 1. The van der Waals surface area contributed by atoms with Crippen LogP contribution in [0.4, 0.5) is 0 Å². The second-order valence-corrected chi connectivity index (χ2v) is 5.47. The summed E-state index contributed by atoms with van der Waals surface area (Å²) in [4.78, 5) is 12.3. The van der Waals surface area contributed by atoms with Gasteiger partial charge in [-0.2, -0.15) is 0 Å². The summed E-state index contributed by atoms with van der Waals surface area (Å²) in [6.45, 7) is 2.21. The minimum absolute atomic E-state index is 0.239. The number of aliphatic hydroxyl groups is 2. The normalized spacial score (nSPS) is 13.1. The minimum Gasteiger partial charge on any atom is -0.494 e. The average molecular weight is 329 g/mol. The molecule has 0 saturated heterocycles. The fourth-order valence-corrected chi connectivity index (χ4v) is 2.40. The van der Waals surface area contributed by atoms with Crippen LogP contribution in [0.2, 0.25) is 0 Å². The van der Waals surface area contributed by atoms with Crippen LogP contribution < -0.4 is 10.1 Å². The highest BCUT2D eigenvalue weighted by molar-refractivity contribution is 5.94. The van der Waals surface area contributed by atoms with E-state index in [9.17, 15) is 15.0 Å². The number of nitrogens with one attached hydrogen (secondary N) is 1. The molecule has 0 unspecified atom stereocenters. The van der Waals surface area contributed by atoms with Gasteiger partial charge in [0.05, 0.1) is 25.4 Å². The van der Waals surface area contributed by atoms with Crippen LogP contribution in [0.3, 0.4) is 0 Å². The predicted octanol–water partition coefficient (Wildman–Crippen LogP) is 2.30. The van der Waals surface area contributed by atoms with Crippen LogP contribution in [-0.2, 0) is 0 Å². The SMILES string of the molecule is CCOc1ccc(C(=O)N[C@@H](CO)C[C@@H](O)c2ccccc2)cc1. The fourth-order valence-electron chi connectivity index (χ4n) is 2.40. The summed E-state index contributed by atoms with van der Waals surface area (Å²) in [6.07, 6.45) is -0.507.